The number of furan rings is 1. The Morgan fingerprint density at radius 2 is 1.92 bits per heavy atom. The zero-order valence-corrected chi connectivity index (χ0v) is 14.3. The summed E-state index contributed by atoms with van der Waals surface area (Å²) >= 11 is 0. The standard InChI is InChI=1S/C20H22N2O2/c1-4-16-7-9-17(10-8-16)21-20(23)19-12-14(2)22(15(19)3)13-18-6-5-11-24-18/h5-12H,4,13H2,1-3H3,(H,21,23). The molecule has 0 unspecified atom stereocenters. The summed E-state index contributed by atoms with van der Waals surface area (Å²) < 4.78 is 7.50. The highest BCUT2D eigenvalue weighted by Gasteiger charge is 2.16. The predicted octanol–water partition coefficient (Wildman–Crippen LogP) is 4.56. The molecular weight excluding hydrogens is 300 g/mol. The number of hydrogen-bond acceptors (Lipinski definition) is 2. The van der Waals surface area contributed by atoms with Crippen LogP contribution in [0.5, 0.6) is 0 Å². The highest BCUT2D eigenvalue weighted by atomic mass is 16.3. The summed E-state index contributed by atoms with van der Waals surface area (Å²) in [6.45, 7) is 6.71. The van der Waals surface area contributed by atoms with E-state index in [9.17, 15) is 4.79 Å². The van der Waals surface area contributed by atoms with Crippen molar-refractivity contribution >= 4 is 11.6 Å². The topological polar surface area (TPSA) is 47.2 Å². The van der Waals surface area contributed by atoms with Gasteiger partial charge < -0.3 is 14.3 Å². The molecule has 0 saturated heterocycles. The maximum absolute atomic E-state index is 12.6. The molecule has 4 nitrogen and oxygen atoms in total. The number of hydrogen-bond donors (Lipinski definition) is 1. The number of carbonyl (C=O) groups excluding carboxylic acids is 1. The molecule has 3 aromatic rings. The van der Waals surface area contributed by atoms with Crippen molar-refractivity contribution in [1.29, 1.82) is 0 Å². The van der Waals surface area contributed by atoms with Crippen LogP contribution in [0.1, 0.15) is 40.0 Å². The Bertz CT molecular complexity index is 827. The Morgan fingerprint density at radius 1 is 1.17 bits per heavy atom. The van der Waals surface area contributed by atoms with E-state index in [0.717, 1.165) is 29.3 Å². The fourth-order valence-electron chi connectivity index (χ4n) is 2.85. The molecule has 0 fully saturated rings. The first-order chi connectivity index (χ1) is 11.6. The largest absolute Gasteiger partial charge is 0.467 e. The van der Waals surface area contributed by atoms with Crippen LogP contribution in [0.25, 0.3) is 0 Å². The van der Waals surface area contributed by atoms with E-state index < -0.39 is 0 Å². The van der Waals surface area contributed by atoms with Crippen molar-refractivity contribution in [1.82, 2.24) is 4.57 Å². The number of anilines is 1. The Labute approximate surface area is 142 Å². The lowest BCUT2D eigenvalue weighted by molar-refractivity contribution is 0.102. The summed E-state index contributed by atoms with van der Waals surface area (Å²) in [6.07, 6.45) is 2.65. The van der Waals surface area contributed by atoms with Gasteiger partial charge in [0.2, 0.25) is 0 Å². The predicted molar refractivity (Wildman–Crippen MR) is 95.5 cm³/mol. The third kappa shape index (κ3) is 3.27. The van der Waals surface area contributed by atoms with Crippen molar-refractivity contribution in [3.05, 3.63) is 77.0 Å². The summed E-state index contributed by atoms with van der Waals surface area (Å²) in [4.78, 5) is 12.6. The maximum atomic E-state index is 12.6. The Kier molecular flexibility index (Phi) is 4.56. The molecule has 2 heterocycles. The van der Waals surface area contributed by atoms with Gasteiger partial charge in [-0.05, 0) is 56.2 Å². The lowest BCUT2D eigenvalue weighted by Gasteiger charge is -2.09. The number of aromatic nitrogens is 1. The smallest absolute Gasteiger partial charge is 0.257 e. The van der Waals surface area contributed by atoms with Gasteiger partial charge in [0.25, 0.3) is 5.91 Å². The number of aryl methyl sites for hydroxylation is 2. The summed E-state index contributed by atoms with van der Waals surface area (Å²) in [6, 6.07) is 13.7. The van der Waals surface area contributed by atoms with E-state index in [1.807, 2.05) is 56.3 Å². The quantitative estimate of drug-likeness (QED) is 0.748. The van der Waals surface area contributed by atoms with Crippen molar-refractivity contribution in [2.45, 2.75) is 33.7 Å². The average Bonchev–Trinajstić information content (AvgIpc) is 3.19. The second-order valence-electron chi connectivity index (χ2n) is 5.95. The number of nitrogens with one attached hydrogen (secondary N) is 1. The lowest BCUT2D eigenvalue weighted by atomic mass is 10.1. The number of carbonyl (C=O) groups is 1. The van der Waals surface area contributed by atoms with Gasteiger partial charge in [-0.3, -0.25) is 4.79 Å². The molecule has 0 atom stereocenters. The molecule has 0 bridgehead atoms. The molecule has 0 aliphatic heterocycles. The molecule has 2 aromatic heterocycles. The molecule has 0 radical (unpaired) electrons. The van der Waals surface area contributed by atoms with E-state index in [4.69, 9.17) is 4.42 Å². The SMILES string of the molecule is CCc1ccc(NC(=O)c2cc(C)n(Cc3ccco3)c2C)cc1. The minimum Gasteiger partial charge on any atom is -0.467 e. The van der Waals surface area contributed by atoms with Crippen LogP contribution in [0.15, 0.2) is 53.1 Å². The van der Waals surface area contributed by atoms with Gasteiger partial charge in [-0.2, -0.15) is 0 Å². The Morgan fingerprint density at radius 3 is 2.54 bits per heavy atom. The van der Waals surface area contributed by atoms with Crippen LogP contribution in [0, 0.1) is 13.8 Å². The van der Waals surface area contributed by atoms with Gasteiger partial charge >= 0.3 is 0 Å². The van der Waals surface area contributed by atoms with Crippen LogP contribution < -0.4 is 5.32 Å². The highest BCUT2D eigenvalue weighted by molar-refractivity contribution is 6.05. The first-order valence-electron chi connectivity index (χ1n) is 8.18. The fraction of sp³-hybridized carbons (Fsp3) is 0.250. The van der Waals surface area contributed by atoms with E-state index in [2.05, 4.69) is 16.8 Å². The van der Waals surface area contributed by atoms with Crippen LogP contribution in [-0.2, 0) is 13.0 Å². The van der Waals surface area contributed by atoms with Crippen LogP contribution >= 0.6 is 0 Å². The van der Waals surface area contributed by atoms with E-state index in [0.29, 0.717) is 12.1 Å². The molecule has 0 aliphatic carbocycles. The van der Waals surface area contributed by atoms with Gasteiger partial charge in [0, 0.05) is 17.1 Å². The third-order valence-electron chi connectivity index (χ3n) is 4.33. The Hall–Kier alpha value is -2.75. The zero-order chi connectivity index (χ0) is 17.1. The average molecular weight is 322 g/mol. The first kappa shape index (κ1) is 16.1. The van der Waals surface area contributed by atoms with Gasteiger partial charge in [0.1, 0.15) is 5.76 Å². The lowest BCUT2D eigenvalue weighted by Crippen LogP contribution is -2.13. The molecule has 0 spiro atoms. The summed E-state index contributed by atoms with van der Waals surface area (Å²) in [5.41, 5.74) is 4.73. The summed E-state index contributed by atoms with van der Waals surface area (Å²) in [5, 5.41) is 2.97. The molecule has 0 saturated carbocycles. The third-order valence-corrected chi connectivity index (χ3v) is 4.33. The van der Waals surface area contributed by atoms with Gasteiger partial charge in [-0.1, -0.05) is 19.1 Å². The summed E-state index contributed by atoms with van der Waals surface area (Å²) in [5.74, 6) is 0.789. The van der Waals surface area contributed by atoms with Gasteiger partial charge in [-0.25, -0.2) is 0 Å². The van der Waals surface area contributed by atoms with Crippen LogP contribution in [-0.4, -0.2) is 10.5 Å². The van der Waals surface area contributed by atoms with Gasteiger partial charge in [0.05, 0.1) is 18.4 Å². The number of amides is 1. The first-order valence-corrected chi connectivity index (χ1v) is 8.18. The second kappa shape index (κ2) is 6.79. The van der Waals surface area contributed by atoms with Crippen molar-refractivity contribution in [3.8, 4) is 0 Å². The van der Waals surface area contributed by atoms with E-state index in [1.165, 1.54) is 5.56 Å². The van der Waals surface area contributed by atoms with Gasteiger partial charge in [0.15, 0.2) is 0 Å². The van der Waals surface area contributed by atoms with Crippen LogP contribution in [0.4, 0.5) is 5.69 Å². The van der Waals surface area contributed by atoms with Crippen LogP contribution in [0.3, 0.4) is 0 Å². The second-order valence-corrected chi connectivity index (χ2v) is 5.95. The van der Waals surface area contributed by atoms with Crippen molar-refractivity contribution in [2.75, 3.05) is 5.32 Å². The summed E-state index contributed by atoms with van der Waals surface area (Å²) in [7, 11) is 0. The minimum atomic E-state index is -0.0851. The van der Waals surface area contributed by atoms with E-state index in [1.54, 1.807) is 6.26 Å². The monoisotopic (exact) mass is 322 g/mol. The number of benzene rings is 1. The normalized spacial score (nSPS) is 10.8. The number of nitrogens with zero attached hydrogens (tertiary/aromatic N) is 1. The van der Waals surface area contributed by atoms with Gasteiger partial charge in [-0.15, -0.1) is 0 Å². The van der Waals surface area contributed by atoms with Crippen molar-refractivity contribution in [2.24, 2.45) is 0 Å². The maximum Gasteiger partial charge on any atom is 0.257 e. The molecule has 124 valence electrons. The molecular formula is C20H22N2O2. The zero-order valence-electron chi connectivity index (χ0n) is 14.3. The molecule has 1 amide bonds. The van der Waals surface area contributed by atoms with E-state index >= 15 is 0 Å². The van der Waals surface area contributed by atoms with Crippen molar-refractivity contribution in [3.63, 3.8) is 0 Å². The molecule has 0 aliphatic rings. The van der Waals surface area contributed by atoms with Crippen LogP contribution in [0.2, 0.25) is 0 Å². The highest BCUT2D eigenvalue weighted by Crippen LogP contribution is 2.19. The van der Waals surface area contributed by atoms with Crippen molar-refractivity contribution < 1.29 is 9.21 Å². The molecule has 3 rings (SSSR count). The Balaban J connectivity index is 1.79. The fourth-order valence-corrected chi connectivity index (χ4v) is 2.85. The molecule has 4 heteroatoms. The number of rotatable bonds is 5. The minimum absolute atomic E-state index is 0.0851. The molecule has 1 aromatic carbocycles. The molecule has 1 N–H and O–H groups in total. The van der Waals surface area contributed by atoms with E-state index in [-0.39, 0.29) is 5.91 Å². The molecule has 24 heavy (non-hydrogen) atoms.